The lowest BCUT2D eigenvalue weighted by molar-refractivity contribution is -0.164. The summed E-state index contributed by atoms with van der Waals surface area (Å²) in [5.41, 5.74) is -0.836. The van der Waals surface area contributed by atoms with E-state index >= 15 is 0 Å². The highest BCUT2D eigenvalue weighted by Gasteiger charge is 2.82. The van der Waals surface area contributed by atoms with Gasteiger partial charge >= 0.3 is 12.1 Å². The average molecular weight is 558 g/mol. The van der Waals surface area contributed by atoms with Gasteiger partial charge in [0.1, 0.15) is 6.10 Å². The fraction of sp³-hybridized carbons (Fsp3) is 0.774. The Kier molecular flexibility index (Phi) is 6.56. The number of hydrogen-bond acceptors (Lipinski definition) is 8. The van der Waals surface area contributed by atoms with Crippen LogP contribution in [0.3, 0.4) is 0 Å². The van der Waals surface area contributed by atoms with Crippen LogP contribution in [0.4, 0.5) is 4.79 Å². The first-order chi connectivity index (χ1) is 19.0. The predicted octanol–water partition coefficient (Wildman–Crippen LogP) is 3.03. The smallest absolute Gasteiger partial charge is 0.409 e. The molecule has 0 radical (unpaired) electrons. The topological polar surface area (TPSA) is 126 Å². The Balaban J connectivity index is 1.28. The summed E-state index contributed by atoms with van der Waals surface area (Å²) in [5, 5.41) is 20.6. The SMILES string of the molecule is CC1=C(CO)C(=O)O[C@@H]([C@@H](C)[C@H]2CC[C@H]3[C@@H]4C[C@H]5O[C@]56[C@@H](OC(=O)N(C)C)C=CC(=O)[C@]6(CO)[C@H]4CC[C@]23C)C1. The highest BCUT2D eigenvalue weighted by Crippen LogP contribution is 2.73. The molecule has 220 valence electrons. The summed E-state index contributed by atoms with van der Waals surface area (Å²) in [4.78, 5) is 40.2. The van der Waals surface area contributed by atoms with Crippen LogP contribution in [-0.2, 0) is 23.8 Å². The Morgan fingerprint density at radius 3 is 2.60 bits per heavy atom. The maximum Gasteiger partial charge on any atom is 0.409 e. The van der Waals surface area contributed by atoms with Gasteiger partial charge in [-0.25, -0.2) is 9.59 Å². The quantitative estimate of drug-likeness (QED) is 0.390. The third-order valence-corrected chi connectivity index (χ3v) is 12.1. The van der Waals surface area contributed by atoms with Crippen molar-refractivity contribution in [1.82, 2.24) is 4.90 Å². The minimum Gasteiger partial charge on any atom is -0.458 e. The van der Waals surface area contributed by atoms with Crippen molar-refractivity contribution in [1.29, 1.82) is 0 Å². The normalized spacial score (nSPS) is 46.0. The number of allylic oxidation sites excluding steroid dienone is 1. The van der Waals surface area contributed by atoms with E-state index in [1.807, 2.05) is 6.92 Å². The molecule has 0 aromatic heterocycles. The lowest BCUT2D eigenvalue weighted by Crippen LogP contribution is -2.67. The van der Waals surface area contributed by atoms with Crippen molar-refractivity contribution in [2.45, 2.75) is 83.2 Å². The summed E-state index contributed by atoms with van der Waals surface area (Å²) in [6, 6.07) is 0. The van der Waals surface area contributed by atoms with E-state index in [4.69, 9.17) is 14.2 Å². The van der Waals surface area contributed by atoms with Crippen LogP contribution in [0.25, 0.3) is 0 Å². The van der Waals surface area contributed by atoms with Crippen molar-refractivity contribution in [2.75, 3.05) is 27.3 Å². The zero-order valence-corrected chi connectivity index (χ0v) is 24.2. The second-order valence-corrected chi connectivity index (χ2v) is 13.7. The Hall–Kier alpha value is -2.23. The number of ketones is 1. The first-order valence-electron chi connectivity index (χ1n) is 14.9. The second kappa shape index (κ2) is 9.39. The zero-order chi connectivity index (χ0) is 28.8. The monoisotopic (exact) mass is 557 g/mol. The van der Waals surface area contributed by atoms with E-state index in [0.29, 0.717) is 23.8 Å². The Morgan fingerprint density at radius 1 is 1.20 bits per heavy atom. The van der Waals surface area contributed by atoms with Crippen molar-refractivity contribution in [3.05, 3.63) is 23.3 Å². The molecule has 4 fully saturated rings. The van der Waals surface area contributed by atoms with Crippen molar-refractivity contribution < 1.29 is 38.8 Å². The van der Waals surface area contributed by atoms with Crippen molar-refractivity contribution >= 4 is 17.8 Å². The number of epoxide rings is 1. The van der Waals surface area contributed by atoms with E-state index < -0.39 is 29.2 Å². The molecule has 9 heteroatoms. The van der Waals surface area contributed by atoms with Gasteiger partial charge in [0.05, 0.1) is 30.3 Å². The number of ether oxygens (including phenoxy) is 3. The van der Waals surface area contributed by atoms with E-state index in [0.717, 1.165) is 37.7 Å². The Bertz CT molecular complexity index is 1180. The summed E-state index contributed by atoms with van der Waals surface area (Å²) in [7, 11) is 3.24. The van der Waals surface area contributed by atoms with Crippen LogP contribution in [0.2, 0.25) is 0 Å². The molecule has 40 heavy (non-hydrogen) atoms. The third kappa shape index (κ3) is 3.52. The highest BCUT2D eigenvalue weighted by molar-refractivity contribution is 5.99. The number of esters is 1. The van der Waals surface area contributed by atoms with Gasteiger partial charge in [0.25, 0.3) is 0 Å². The maximum atomic E-state index is 13.7. The maximum absolute atomic E-state index is 13.7. The van der Waals surface area contributed by atoms with Gasteiger partial charge in [-0.05, 0) is 86.2 Å². The molecule has 1 saturated heterocycles. The number of amides is 1. The van der Waals surface area contributed by atoms with Gasteiger partial charge in [0, 0.05) is 20.5 Å². The molecule has 6 aliphatic rings. The second-order valence-electron chi connectivity index (χ2n) is 13.7. The van der Waals surface area contributed by atoms with Gasteiger partial charge < -0.3 is 29.3 Å². The number of fused-ring (bicyclic) bond motifs is 4. The van der Waals surface area contributed by atoms with Crippen molar-refractivity contribution in [2.24, 2.45) is 40.4 Å². The molecule has 0 aromatic carbocycles. The first kappa shape index (κ1) is 27.9. The van der Waals surface area contributed by atoms with Gasteiger partial charge in [0.15, 0.2) is 17.5 Å². The number of hydrogen-bond donors (Lipinski definition) is 2. The average Bonchev–Trinajstić information content (AvgIpc) is 3.53. The number of nitrogens with zero attached hydrogens (tertiary/aromatic N) is 1. The fourth-order valence-corrected chi connectivity index (χ4v) is 10.1. The van der Waals surface area contributed by atoms with Crippen LogP contribution in [-0.4, -0.2) is 84.2 Å². The predicted molar refractivity (Wildman–Crippen MR) is 144 cm³/mol. The molecule has 9 nitrogen and oxygen atoms in total. The first-order valence-corrected chi connectivity index (χ1v) is 14.9. The molecule has 0 bridgehead atoms. The van der Waals surface area contributed by atoms with Gasteiger partial charge in [0.2, 0.25) is 0 Å². The third-order valence-electron chi connectivity index (χ3n) is 12.1. The lowest BCUT2D eigenvalue weighted by Gasteiger charge is -2.58. The molecule has 6 rings (SSSR count). The minimum atomic E-state index is -1.13. The van der Waals surface area contributed by atoms with E-state index in [1.54, 1.807) is 20.2 Å². The van der Waals surface area contributed by atoms with E-state index in [-0.39, 0.29) is 54.4 Å². The van der Waals surface area contributed by atoms with E-state index in [2.05, 4.69) is 13.8 Å². The number of aliphatic hydroxyl groups is 2. The standard InChI is InChI=1S/C31H43NO8/c1-16-12-23(38-27(36)19(16)14-33)17(2)20-6-7-21-18-13-26-31(40-26)25(39-28(37)32(4)5)9-8-24(35)30(31,15-34)22(18)10-11-29(20,21)3/h8-9,17-18,20-23,25-26,33-34H,6-7,10-15H2,1-5H3/t17-,18-,20+,21-,22-,23+,25-,26+,29+,30-,31+/m0/s1. The molecule has 0 aromatic rings. The molecule has 2 N–H and O–H groups in total. The molecular formula is C31H43NO8. The molecule has 2 heterocycles. The van der Waals surface area contributed by atoms with Crippen LogP contribution in [0.5, 0.6) is 0 Å². The zero-order valence-electron chi connectivity index (χ0n) is 24.2. The molecule has 3 saturated carbocycles. The fourth-order valence-electron chi connectivity index (χ4n) is 10.1. The number of rotatable bonds is 5. The van der Waals surface area contributed by atoms with E-state index in [9.17, 15) is 24.6 Å². The summed E-state index contributed by atoms with van der Waals surface area (Å²) >= 11 is 0. The lowest BCUT2D eigenvalue weighted by atomic mass is 9.44. The van der Waals surface area contributed by atoms with Gasteiger partial charge in [-0.1, -0.05) is 19.4 Å². The minimum absolute atomic E-state index is 0.0117. The van der Waals surface area contributed by atoms with Crippen molar-refractivity contribution in [3.63, 3.8) is 0 Å². The summed E-state index contributed by atoms with van der Waals surface area (Å²) in [6.45, 7) is 5.86. The van der Waals surface area contributed by atoms with Gasteiger partial charge in [-0.2, -0.15) is 0 Å². The summed E-state index contributed by atoms with van der Waals surface area (Å²) < 4.78 is 18.1. The Morgan fingerprint density at radius 2 is 1.95 bits per heavy atom. The van der Waals surface area contributed by atoms with Gasteiger partial charge in [-0.3, -0.25) is 4.79 Å². The number of cyclic esters (lactones) is 1. The van der Waals surface area contributed by atoms with Crippen LogP contribution in [0.15, 0.2) is 23.3 Å². The van der Waals surface area contributed by atoms with E-state index in [1.165, 1.54) is 11.0 Å². The molecular weight excluding hydrogens is 514 g/mol. The molecule has 11 atom stereocenters. The molecule has 2 aliphatic heterocycles. The van der Waals surface area contributed by atoms with Gasteiger partial charge in [-0.15, -0.1) is 0 Å². The highest BCUT2D eigenvalue weighted by atomic mass is 16.7. The van der Waals surface area contributed by atoms with Crippen LogP contribution in [0, 0.1) is 40.4 Å². The number of carbonyl (C=O) groups excluding carboxylic acids is 3. The summed E-state index contributed by atoms with van der Waals surface area (Å²) in [6.07, 6.45) is 6.62. The number of carbonyl (C=O) groups is 3. The molecule has 1 amide bonds. The largest absolute Gasteiger partial charge is 0.458 e. The van der Waals surface area contributed by atoms with Crippen LogP contribution in [0.1, 0.15) is 59.3 Å². The van der Waals surface area contributed by atoms with Crippen LogP contribution < -0.4 is 0 Å². The molecule has 0 unspecified atom stereocenters. The molecule has 1 spiro atoms. The Labute approximate surface area is 235 Å². The number of aliphatic hydroxyl groups excluding tert-OH is 2. The summed E-state index contributed by atoms with van der Waals surface area (Å²) in [5.74, 6) is 0.492. The molecule has 4 aliphatic carbocycles. The van der Waals surface area contributed by atoms with Crippen molar-refractivity contribution in [3.8, 4) is 0 Å². The van der Waals surface area contributed by atoms with Crippen LogP contribution >= 0.6 is 0 Å².